The largest absolute Gasteiger partial charge is 0.394 e. The molecule has 0 unspecified atom stereocenters. The van der Waals surface area contributed by atoms with Gasteiger partial charge in [-0.25, -0.2) is 0 Å². The average Bonchev–Trinajstić information content (AvgIpc) is 1.69. The average molecular weight is 90.9 g/mol. The molecule has 0 aromatic rings. The van der Waals surface area contributed by atoms with Crippen LogP contribution in [-0.4, -0.2) is 14.4 Å². The maximum absolute atomic E-state index is 5.33. The summed E-state index contributed by atoms with van der Waals surface area (Å²) in [7, 11) is 5.33. The Kier molecular flexibility index (Phi) is 1.20. The van der Waals surface area contributed by atoms with Crippen LogP contribution in [0.5, 0.6) is 0 Å². The molecule has 0 atom stereocenters. The molecule has 1 aliphatic rings. The second-order valence-corrected chi connectivity index (χ2v) is 1.43. The Morgan fingerprint density at radius 2 is 2.57 bits per heavy atom. The lowest BCUT2D eigenvalue weighted by Gasteiger charge is -2.04. The highest BCUT2D eigenvalue weighted by Gasteiger charge is 1.84. The van der Waals surface area contributed by atoms with Gasteiger partial charge >= 0.3 is 0 Å². The maximum Gasteiger partial charge on any atom is 0.137 e. The fraction of sp³-hybridized carbons (Fsp3) is 0.200. The Labute approximate surface area is 44.5 Å². The molecular formula is C5H6BN. The van der Waals surface area contributed by atoms with Crippen molar-refractivity contribution in [3.8, 4) is 0 Å². The molecule has 1 N–H and O–H groups in total. The summed E-state index contributed by atoms with van der Waals surface area (Å²) in [4.78, 5) is 0. The number of nitrogens with one attached hydrogen (secondary N) is 1. The smallest absolute Gasteiger partial charge is 0.137 e. The number of hydrogen-bond donors (Lipinski definition) is 1. The van der Waals surface area contributed by atoms with Crippen molar-refractivity contribution in [2.45, 2.75) is 0 Å². The van der Waals surface area contributed by atoms with E-state index in [9.17, 15) is 0 Å². The fourth-order valence-electron chi connectivity index (χ4n) is 0.475. The lowest BCUT2D eigenvalue weighted by Crippen LogP contribution is -2.14. The van der Waals surface area contributed by atoms with Gasteiger partial charge in [-0.05, 0) is 5.60 Å². The Hall–Kier alpha value is -0.655. The highest BCUT2D eigenvalue weighted by molar-refractivity contribution is 6.21. The lowest BCUT2D eigenvalue weighted by molar-refractivity contribution is 0.949. The summed E-state index contributed by atoms with van der Waals surface area (Å²) < 4.78 is 0. The predicted octanol–water partition coefficient (Wildman–Crippen LogP) is 0.156. The summed E-state index contributed by atoms with van der Waals surface area (Å²) in [6, 6.07) is 0. The molecule has 0 amide bonds. The van der Waals surface area contributed by atoms with Gasteiger partial charge in [-0.1, -0.05) is 18.2 Å². The van der Waals surface area contributed by atoms with Crippen LogP contribution in [0.2, 0.25) is 0 Å². The van der Waals surface area contributed by atoms with E-state index < -0.39 is 0 Å². The van der Waals surface area contributed by atoms with Gasteiger partial charge in [-0.3, -0.25) is 0 Å². The second kappa shape index (κ2) is 1.87. The van der Waals surface area contributed by atoms with Crippen molar-refractivity contribution in [1.29, 1.82) is 0 Å². The van der Waals surface area contributed by atoms with Crippen LogP contribution in [0, 0.1) is 0 Å². The SMILES string of the molecule is [B]C1=CC=CCN1. The zero-order valence-corrected chi connectivity index (χ0v) is 4.02. The van der Waals surface area contributed by atoms with Crippen LogP contribution >= 0.6 is 0 Å². The van der Waals surface area contributed by atoms with Crippen molar-refractivity contribution in [3.05, 3.63) is 23.8 Å². The van der Waals surface area contributed by atoms with Gasteiger partial charge in [0.15, 0.2) is 0 Å². The van der Waals surface area contributed by atoms with Crippen LogP contribution in [0.4, 0.5) is 0 Å². The molecule has 2 heteroatoms. The van der Waals surface area contributed by atoms with E-state index in [4.69, 9.17) is 7.85 Å². The van der Waals surface area contributed by atoms with Crippen LogP contribution in [0.1, 0.15) is 0 Å². The standard InChI is InChI=1S/C5H6BN/c6-5-3-1-2-4-7-5/h1-3,7H,4H2. The summed E-state index contributed by atoms with van der Waals surface area (Å²) in [6.07, 6.45) is 5.78. The Morgan fingerprint density at radius 1 is 1.71 bits per heavy atom. The minimum absolute atomic E-state index is 0.752. The number of dihydropyridines is 1. The van der Waals surface area contributed by atoms with Gasteiger partial charge < -0.3 is 5.32 Å². The van der Waals surface area contributed by atoms with E-state index >= 15 is 0 Å². The van der Waals surface area contributed by atoms with Crippen molar-refractivity contribution in [2.24, 2.45) is 0 Å². The molecule has 1 aliphatic heterocycles. The van der Waals surface area contributed by atoms with Crippen molar-refractivity contribution < 1.29 is 0 Å². The molecule has 1 heterocycles. The van der Waals surface area contributed by atoms with Gasteiger partial charge in [-0.15, -0.1) is 0 Å². The molecule has 1 nitrogen and oxygen atoms in total. The fourth-order valence-corrected chi connectivity index (χ4v) is 0.475. The predicted molar refractivity (Wildman–Crippen MR) is 31.0 cm³/mol. The van der Waals surface area contributed by atoms with Crippen LogP contribution in [-0.2, 0) is 0 Å². The molecule has 0 saturated heterocycles. The van der Waals surface area contributed by atoms with Gasteiger partial charge in [0.1, 0.15) is 7.85 Å². The first kappa shape index (κ1) is 4.50. The molecule has 0 aromatic heterocycles. The normalized spacial score (nSPS) is 18.0. The monoisotopic (exact) mass is 91.1 g/mol. The van der Waals surface area contributed by atoms with E-state index in [1.54, 1.807) is 0 Å². The van der Waals surface area contributed by atoms with E-state index in [-0.39, 0.29) is 0 Å². The van der Waals surface area contributed by atoms with Crippen LogP contribution in [0.15, 0.2) is 23.8 Å². The molecule has 0 bridgehead atoms. The third kappa shape index (κ3) is 1.11. The molecule has 2 radical (unpaired) electrons. The van der Waals surface area contributed by atoms with Crippen molar-refractivity contribution in [3.63, 3.8) is 0 Å². The maximum atomic E-state index is 5.33. The van der Waals surface area contributed by atoms with E-state index in [0.717, 1.165) is 12.1 Å². The second-order valence-electron chi connectivity index (χ2n) is 1.43. The van der Waals surface area contributed by atoms with Crippen molar-refractivity contribution in [1.82, 2.24) is 5.32 Å². The molecule has 0 fully saturated rings. The van der Waals surface area contributed by atoms with E-state index in [2.05, 4.69) is 5.32 Å². The number of rotatable bonds is 0. The topological polar surface area (TPSA) is 12.0 Å². The quantitative estimate of drug-likeness (QED) is 0.418. The van der Waals surface area contributed by atoms with Crippen LogP contribution in [0.3, 0.4) is 0 Å². The molecule has 0 aliphatic carbocycles. The summed E-state index contributed by atoms with van der Waals surface area (Å²) in [6.45, 7) is 0.863. The zero-order valence-electron chi connectivity index (χ0n) is 4.02. The molecule has 7 heavy (non-hydrogen) atoms. The van der Waals surface area contributed by atoms with E-state index in [1.807, 2.05) is 18.2 Å². The molecule has 0 spiro atoms. The first-order valence-electron chi connectivity index (χ1n) is 2.26. The van der Waals surface area contributed by atoms with E-state index in [1.165, 1.54) is 0 Å². The van der Waals surface area contributed by atoms with Gasteiger partial charge in [0.2, 0.25) is 0 Å². The Morgan fingerprint density at radius 3 is 2.86 bits per heavy atom. The minimum Gasteiger partial charge on any atom is -0.394 e. The molecular weight excluding hydrogens is 84.9 g/mol. The van der Waals surface area contributed by atoms with Crippen molar-refractivity contribution in [2.75, 3.05) is 6.54 Å². The van der Waals surface area contributed by atoms with Crippen LogP contribution in [0.25, 0.3) is 0 Å². The molecule has 1 rings (SSSR count). The first-order valence-corrected chi connectivity index (χ1v) is 2.26. The van der Waals surface area contributed by atoms with Crippen molar-refractivity contribution >= 4 is 7.85 Å². The van der Waals surface area contributed by atoms with Gasteiger partial charge in [0.05, 0.1) is 0 Å². The molecule has 0 saturated carbocycles. The van der Waals surface area contributed by atoms with Crippen LogP contribution < -0.4 is 5.32 Å². The third-order valence-corrected chi connectivity index (χ3v) is 0.836. The molecule has 34 valence electrons. The zero-order chi connectivity index (χ0) is 5.11. The van der Waals surface area contributed by atoms with Gasteiger partial charge in [0, 0.05) is 6.54 Å². The highest BCUT2D eigenvalue weighted by Crippen LogP contribution is 1.87. The Balaban J connectivity index is 2.57. The highest BCUT2D eigenvalue weighted by atomic mass is 14.8. The number of hydrogen-bond acceptors (Lipinski definition) is 1. The first-order chi connectivity index (χ1) is 3.39. The third-order valence-electron chi connectivity index (χ3n) is 0.836. The molecule has 0 aromatic carbocycles. The van der Waals surface area contributed by atoms with Gasteiger partial charge in [0.25, 0.3) is 0 Å². The summed E-state index contributed by atoms with van der Waals surface area (Å²) >= 11 is 0. The van der Waals surface area contributed by atoms with E-state index in [0.29, 0.717) is 0 Å². The minimum atomic E-state index is 0.752. The lowest BCUT2D eigenvalue weighted by atomic mass is 10.0. The Bertz CT molecular complexity index is 115. The van der Waals surface area contributed by atoms with Gasteiger partial charge in [-0.2, -0.15) is 0 Å². The summed E-state index contributed by atoms with van der Waals surface area (Å²) in [5.41, 5.74) is 0.752. The number of allylic oxidation sites excluding steroid dienone is 2. The summed E-state index contributed by atoms with van der Waals surface area (Å²) in [5, 5.41) is 2.93. The summed E-state index contributed by atoms with van der Waals surface area (Å²) in [5.74, 6) is 0.